The smallest absolute Gasteiger partial charge is 0.0661 e. The molecule has 0 aliphatic carbocycles. The summed E-state index contributed by atoms with van der Waals surface area (Å²) in [6.45, 7) is 2.02. The van der Waals surface area contributed by atoms with Crippen LogP contribution in [-0.4, -0.2) is 21.1 Å². The maximum Gasteiger partial charge on any atom is 0.0661 e. The predicted molar refractivity (Wildman–Crippen MR) is 59.9 cm³/mol. The highest BCUT2D eigenvalue weighted by molar-refractivity contribution is 5.47. The Balaban J connectivity index is 0. The molecule has 1 N–H and O–H groups in total. The van der Waals surface area contributed by atoms with Gasteiger partial charge in [-0.3, -0.25) is 0 Å². The molecule has 0 saturated heterocycles. The highest BCUT2D eigenvalue weighted by Gasteiger charge is 1.77. The lowest BCUT2D eigenvalue weighted by Gasteiger charge is -1.88. The molecule has 0 aliphatic heterocycles. The van der Waals surface area contributed by atoms with E-state index in [1.54, 1.807) is 0 Å². The van der Waals surface area contributed by atoms with Gasteiger partial charge in [-0.25, -0.2) is 0 Å². The monoisotopic (exact) mass is 213 g/mol. The number of nitrogens with one attached hydrogen (secondary N) is 1. The van der Waals surface area contributed by atoms with Crippen LogP contribution in [0, 0.1) is 0 Å². The van der Waals surface area contributed by atoms with Crippen LogP contribution in [0.1, 0.15) is 12.5 Å². The van der Waals surface area contributed by atoms with E-state index in [1.165, 1.54) is 10.5 Å². The third-order valence-corrected chi connectivity index (χ3v) is 1.16. The first-order valence-electron chi connectivity index (χ1n) is 4.61. The average Bonchev–Trinajstić information content (AvgIpc) is 2.06. The number of hydrogen-bond donors (Lipinski definition) is 1. The van der Waals surface area contributed by atoms with Crippen LogP contribution in [0.4, 0.5) is 0 Å². The molecule has 1 aromatic carbocycles. The van der Waals surface area contributed by atoms with Gasteiger partial charge in [-0.2, -0.15) is 0 Å². The maximum atomic E-state index is 2.08. The summed E-state index contributed by atoms with van der Waals surface area (Å²) in [6.07, 6.45) is 4.12. The lowest BCUT2D eigenvalue weighted by Crippen LogP contribution is -3.02. The Morgan fingerprint density at radius 1 is 1.00 bits per heavy atom. The number of benzene rings is 1. The van der Waals surface area contributed by atoms with E-state index in [0.717, 1.165) is 0 Å². The fourth-order valence-electron chi connectivity index (χ4n) is 0.757. The van der Waals surface area contributed by atoms with Crippen molar-refractivity contribution < 1.29 is 17.3 Å². The second-order valence-electron chi connectivity index (χ2n) is 3.41. The van der Waals surface area contributed by atoms with Crippen LogP contribution in [-0.2, 0) is 0 Å². The van der Waals surface area contributed by atoms with Gasteiger partial charge in [0.25, 0.3) is 0 Å². The predicted octanol–water partition coefficient (Wildman–Crippen LogP) is -1.52. The van der Waals surface area contributed by atoms with Crippen LogP contribution in [0.3, 0.4) is 0 Å². The van der Waals surface area contributed by atoms with Gasteiger partial charge in [0.2, 0.25) is 0 Å². The molecule has 0 heterocycles. The number of allylic oxidation sites excluding steroid dienone is 1. The fraction of sp³-hybridized carbons (Fsp3) is 0.333. The minimum absolute atomic E-state index is 0. The van der Waals surface area contributed by atoms with Gasteiger partial charge in [-0.05, 0) is 12.5 Å². The Hall–Kier alpha value is -0.790. The van der Waals surface area contributed by atoms with Gasteiger partial charge in [0.15, 0.2) is 0 Å². The van der Waals surface area contributed by atoms with Gasteiger partial charge in [-0.1, -0.05) is 42.5 Å². The van der Waals surface area contributed by atoms with Crippen molar-refractivity contribution in [3.63, 3.8) is 0 Å². The fourth-order valence-corrected chi connectivity index (χ4v) is 0.757. The van der Waals surface area contributed by atoms with E-state index in [2.05, 4.69) is 39.4 Å². The lowest BCUT2D eigenvalue weighted by molar-refractivity contribution is -0.836. The van der Waals surface area contributed by atoms with E-state index in [9.17, 15) is 0 Å². The van der Waals surface area contributed by atoms with Crippen LogP contribution in [0.5, 0.6) is 0 Å². The maximum absolute atomic E-state index is 2.08. The third kappa shape index (κ3) is 11.2. The van der Waals surface area contributed by atoms with E-state index in [-0.39, 0.29) is 12.4 Å². The zero-order valence-electron chi connectivity index (χ0n) is 9.42. The molecular weight excluding hydrogens is 194 g/mol. The van der Waals surface area contributed by atoms with Gasteiger partial charge in [0, 0.05) is 0 Å². The molecule has 0 saturated carbocycles. The number of hydrogen-bond acceptors (Lipinski definition) is 0. The molecular formula is C12H20ClN. The molecule has 0 amide bonds. The van der Waals surface area contributed by atoms with Crippen molar-refractivity contribution in [2.45, 2.75) is 6.92 Å². The van der Waals surface area contributed by atoms with Gasteiger partial charge < -0.3 is 17.3 Å². The number of quaternary nitrogens is 1. The van der Waals surface area contributed by atoms with Crippen LogP contribution < -0.4 is 17.3 Å². The molecule has 0 radical (unpaired) electrons. The minimum atomic E-state index is 0. The van der Waals surface area contributed by atoms with E-state index in [4.69, 9.17) is 0 Å². The summed E-state index contributed by atoms with van der Waals surface area (Å²) in [6, 6.07) is 10.3. The van der Waals surface area contributed by atoms with E-state index >= 15 is 0 Å². The van der Waals surface area contributed by atoms with E-state index < -0.39 is 0 Å². The highest BCUT2D eigenvalue weighted by Crippen LogP contribution is 1.99. The molecule has 0 spiro atoms. The van der Waals surface area contributed by atoms with Crippen molar-refractivity contribution in [1.82, 2.24) is 0 Å². The van der Waals surface area contributed by atoms with Crippen molar-refractivity contribution >= 4 is 6.08 Å². The standard InChI is InChI=1S/C9H10.C3H9N.ClH/c1-2-6-9-7-4-3-5-8-9;1-4(2)3;/h2-8H,1H3;1-3H3;1H. The molecule has 1 aromatic rings. The molecule has 0 bridgehead atoms. The first-order valence-corrected chi connectivity index (χ1v) is 4.61. The quantitative estimate of drug-likeness (QED) is 0.579. The normalized spacial score (nSPS) is 9.21. The van der Waals surface area contributed by atoms with Crippen molar-refractivity contribution in [1.29, 1.82) is 0 Å². The molecule has 1 nitrogen and oxygen atoms in total. The largest absolute Gasteiger partial charge is 1.00 e. The molecule has 0 aromatic heterocycles. The molecule has 0 atom stereocenters. The Kier molecular flexibility index (Phi) is 11.5. The van der Waals surface area contributed by atoms with Crippen LogP contribution in [0.25, 0.3) is 6.08 Å². The summed E-state index contributed by atoms with van der Waals surface area (Å²) in [5.74, 6) is 0. The van der Waals surface area contributed by atoms with Crippen molar-refractivity contribution in [2.75, 3.05) is 21.1 Å². The lowest BCUT2D eigenvalue weighted by atomic mass is 10.2. The topological polar surface area (TPSA) is 4.44 Å². The van der Waals surface area contributed by atoms with Gasteiger partial charge in [0.05, 0.1) is 21.1 Å². The molecule has 0 fully saturated rings. The molecule has 14 heavy (non-hydrogen) atoms. The van der Waals surface area contributed by atoms with E-state index in [1.807, 2.05) is 31.2 Å². The Bertz CT molecular complexity index is 227. The van der Waals surface area contributed by atoms with Crippen molar-refractivity contribution in [3.05, 3.63) is 42.0 Å². The zero-order valence-corrected chi connectivity index (χ0v) is 10.2. The van der Waals surface area contributed by atoms with Crippen LogP contribution in [0.15, 0.2) is 36.4 Å². The molecule has 1 rings (SSSR count). The number of rotatable bonds is 1. The Labute approximate surface area is 93.9 Å². The van der Waals surface area contributed by atoms with E-state index in [0.29, 0.717) is 0 Å². The highest BCUT2D eigenvalue weighted by atomic mass is 35.5. The second kappa shape index (κ2) is 10.3. The van der Waals surface area contributed by atoms with Crippen LogP contribution in [0.2, 0.25) is 0 Å². The van der Waals surface area contributed by atoms with Crippen molar-refractivity contribution in [2.24, 2.45) is 0 Å². The molecule has 0 unspecified atom stereocenters. The van der Waals surface area contributed by atoms with Crippen molar-refractivity contribution in [3.8, 4) is 0 Å². The summed E-state index contributed by atoms with van der Waals surface area (Å²) in [5.41, 5.74) is 1.26. The average molecular weight is 214 g/mol. The second-order valence-corrected chi connectivity index (χ2v) is 3.41. The summed E-state index contributed by atoms with van der Waals surface area (Å²) < 4.78 is 0. The molecule has 0 aliphatic rings. The first kappa shape index (κ1) is 15.7. The van der Waals surface area contributed by atoms with Gasteiger partial charge >= 0.3 is 0 Å². The summed E-state index contributed by atoms with van der Waals surface area (Å²) in [4.78, 5) is 1.42. The van der Waals surface area contributed by atoms with Gasteiger partial charge in [0.1, 0.15) is 0 Å². The summed E-state index contributed by atoms with van der Waals surface area (Å²) in [7, 11) is 6.25. The Morgan fingerprint density at radius 3 is 1.79 bits per heavy atom. The zero-order chi connectivity index (χ0) is 10.1. The third-order valence-electron chi connectivity index (χ3n) is 1.16. The van der Waals surface area contributed by atoms with Gasteiger partial charge in [-0.15, -0.1) is 0 Å². The summed E-state index contributed by atoms with van der Waals surface area (Å²) >= 11 is 0. The van der Waals surface area contributed by atoms with Crippen LogP contribution >= 0.6 is 0 Å². The molecule has 2 heteroatoms. The SMILES string of the molecule is CC=Cc1ccccc1.C[NH+](C)C.[Cl-]. The Morgan fingerprint density at radius 2 is 1.43 bits per heavy atom. The first-order chi connectivity index (χ1) is 6.16. The molecule has 80 valence electrons. The summed E-state index contributed by atoms with van der Waals surface area (Å²) in [5, 5.41) is 0. The number of halogens is 1. The minimum Gasteiger partial charge on any atom is -1.00 e.